The van der Waals surface area contributed by atoms with Crippen LogP contribution in [-0.4, -0.2) is 36.6 Å². The Labute approximate surface area is 194 Å². The molecule has 0 atom stereocenters. The minimum absolute atomic E-state index is 0.111. The van der Waals surface area contributed by atoms with Gasteiger partial charge in [0.1, 0.15) is 5.75 Å². The molecule has 4 rings (SSSR count). The molecule has 0 aliphatic rings. The van der Waals surface area contributed by atoms with Crippen molar-refractivity contribution < 1.29 is 13.2 Å². The first-order valence-corrected chi connectivity index (χ1v) is 12.7. The fraction of sp³-hybridized carbons (Fsp3) is 0.130. The summed E-state index contributed by atoms with van der Waals surface area (Å²) in [5.41, 5.74) is 0.919. The second-order valence-corrected chi connectivity index (χ2v) is 10.5. The molecule has 0 radical (unpaired) electrons. The predicted molar refractivity (Wildman–Crippen MR) is 128 cm³/mol. The summed E-state index contributed by atoms with van der Waals surface area (Å²) < 4.78 is 32.2. The molecular formula is C23H19ClN2O4S2. The van der Waals surface area contributed by atoms with Gasteiger partial charge in [-0.3, -0.25) is 9.36 Å². The van der Waals surface area contributed by atoms with E-state index in [4.69, 9.17) is 16.3 Å². The Morgan fingerprint density at radius 2 is 1.78 bits per heavy atom. The van der Waals surface area contributed by atoms with Crippen LogP contribution in [0.2, 0.25) is 5.02 Å². The number of aromatic nitrogens is 2. The van der Waals surface area contributed by atoms with Gasteiger partial charge in [0, 0.05) is 16.8 Å². The fourth-order valence-electron chi connectivity index (χ4n) is 3.19. The Hall–Kier alpha value is -2.81. The van der Waals surface area contributed by atoms with Gasteiger partial charge in [0.05, 0.1) is 34.3 Å². The molecule has 0 saturated carbocycles. The number of sulfone groups is 1. The van der Waals surface area contributed by atoms with Gasteiger partial charge in [0.15, 0.2) is 15.0 Å². The fourth-order valence-corrected chi connectivity index (χ4v) is 5.98. The molecule has 0 spiro atoms. The quantitative estimate of drug-likeness (QED) is 0.280. The summed E-state index contributed by atoms with van der Waals surface area (Å²) >= 11 is 7.07. The minimum Gasteiger partial charge on any atom is -0.497 e. The lowest BCUT2D eigenvalue weighted by atomic mass is 10.2. The molecule has 9 heteroatoms. The van der Waals surface area contributed by atoms with Crippen molar-refractivity contribution in [2.45, 2.75) is 10.1 Å². The third kappa shape index (κ3) is 4.67. The normalized spacial score (nSPS) is 11.6. The van der Waals surface area contributed by atoms with Gasteiger partial charge >= 0.3 is 0 Å². The van der Waals surface area contributed by atoms with E-state index in [1.165, 1.54) is 28.5 Å². The molecule has 0 aliphatic heterocycles. The summed E-state index contributed by atoms with van der Waals surface area (Å²) in [6.07, 6.45) is 0. The first kappa shape index (κ1) is 22.4. The number of hydrogen-bond donors (Lipinski definition) is 0. The first-order chi connectivity index (χ1) is 15.4. The van der Waals surface area contributed by atoms with Crippen molar-refractivity contribution in [3.63, 3.8) is 0 Å². The molecule has 32 heavy (non-hydrogen) atoms. The van der Waals surface area contributed by atoms with Gasteiger partial charge in [-0.25, -0.2) is 13.4 Å². The minimum atomic E-state index is -3.50. The van der Waals surface area contributed by atoms with Crippen LogP contribution < -0.4 is 10.3 Å². The number of methoxy groups -OCH3 is 1. The topological polar surface area (TPSA) is 78.3 Å². The van der Waals surface area contributed by atoms with Crippen molar-refractivity contribution in [2.24, 2.45) is 0 Å². The molecule has 0 bridgehead atoms. The van der Waals surface area contributed by atoms with E-state index < -0.39 is 9.84 Å². The van der Waals surface area contributed by atoms with E-state index in [1.807, 2.05) is 6.07 Å². The maximum Gasteiger partial charge on any atom is 0.266 e. The third-order valence-corrected chi connectivity index (χ3v) is 8.00. The number of benzene rings is 3. The van der Waals surface area contributed by atoms with Crippen LogP contribution in [0.3, 0.4) is 0 Å². The van der Waals surface area contributed by atoms with Crippen LogP contribution in [0.25, 0.3) is 16.6 Å². The third-order valence-electron chi connectivity index (χ3n) is 4.81. The second-order valence-electron chi connectivity index (χ2n) is 6.87. The summed E-state index contributed by atoms with van der Waals surface area (Å²) in [5, 5.41) is 1.36. The van der Waals surface area contributed by atoms with Crippen molar-refractivity contribution >= 4 is 44.1 Å². The van der Waals surface area contributed by atoms with E-state index >= 15 is 0 Å². The number of rotatable bonds is 7. The van der Waals surface area contributed by atoms with Gasteiger partial charge in [-0.1, -0.05) is 41.6 Å². The number of thioether (sulfide) groups is 1. The van der Waals surface area contributed by atoms with Gasteiger partial charge < -0.3 is 4.74 Å². The summed E-state index contributed by atoms with van der Waals surface area (Å²) in [6.45, 7) is 0. The van der Waals surface area contributed by atoms with Crippen LogP contribution in [-0.2, 0) is 9.84 Å². The molecule has 6 nitrogen and oxygen atoms in total. The average Bonchev–Trinajstić information content (AvgIpc) is 2.79. The molecule has 0 unspecified atom stereocenters. The molecule has 0 amide bonds. The zero-order valence-electron chi connectivity index (χ0n) is 17.1. The van der Waals surface area contributed by atoms with Crippen molar-refractivity contribution in [1.82, 2.24) is 9.55 Å². The van der Waals surface area contributed by atoms with Gasteiger partial charge in [0.2, 0.25) is 0 Å². The smallest absolute Gasteiger partial charge is 0.266 e. The van der Waals surface area contributed by atoms with Gasteiger partial charge in [-0.15, -0.1) is 0 Å². The molecule has 0 aliphatic carbocycles. The van der Waals surface area contributed by atoms with Crippen LogP contribution in [0.4, 0.5) is 0 Å². The highest BCUT2D eigenvalue weighted by Crippen LogP contribution is 2.25. The lowest BCUT2D eigenvalue weighted by molar-refractivity contribution is 0.414. The number of halogens is 1. The average molecular weight is 487 g/mol. The van der Waals surface area contributed by atoms with Crippen LogP contribution in [0, 0.1) is 0 Å². The molecule has 0 fully saturated rings. The summed E-state index contributed by atoms with van der Waals surface area (Å²) in [6, 6.07) is 20.3. The number of nitrogens with zero attached hydrogens (tertiary/aromatic N) is 2. The van der Waals surface area contributed by atoms with Crippen LogP contribution in [0.5, 0.6) is 5.75 Å². The highest BCUT2D eigenvalue weighted by Gasteiger charge is 2.17. The molecule has 3 aromatic carbocycles. The Morgan fingerprint density at radius 1 is 1.03 bits per heavy atom. The Bertz CT molecular complexity index is 1430. The molecule has 164 valence electrons. The monoisotopic (exact) mass is 486 g/mol. The van der Waals surface area contributed by atoms with Crippen LogP contribution in [0.1, 0.15) is 0 Å². The van der Waals surface area contributed by atoms with E-state index in [1.54, 1.807) is 61.7 Å². The summed E-state index contributed by atoms with van der Waals surface area (Å²) in [4.78, 5) is 18.2. The van der Waals surface area contributed by atoms with Gasteiger partial charge in [-0.05, 0) is 48.5 Å². The summed E-state index contributed by atoms with van der Waals surface area (Å²) in [5.74, 6) is 0.712. The highest BCUT2D eigenvalue weighted by molar-refractivity contribution is 8.00. The second kappa shape index (κ2) is 9.36. The maximum absolute atomic E-state index is 13.3. The Kier molecular flexibility index (Phi) is 6.55. The van der Waals surface area contributed by atoms with E-state index in [-0.39, 0.29) is 22.0 Å². The van der Waals surface area contributed by atoms with Crippen LogP contribution >= 0.6 is 23.4 Å². The Balaban J connectivity index is 1.70. The lowest BCUT2D eigenvalue weighted by Gasteiger charge is -2.14. The Morgan fingerprint density at radius 3 is 2.53 bits per heavy atom. The van der Waals surface area contributed by atoms with Crippen molar-refractivity contribution in [3.8, 4) is 11.4 Å². The zero-order valence-corrected chi connectivity index (χ0v) is 19.5. The molecular weight excluding hydrogens is 468 g/mol. The zero-order chi connectivity index (χ0) is 22.7. The van der Waals surface area contributed by atoms with E-state index in [0.29, 0.717) is 32.5 Å². The van der Waals surface area contributed by atoms with E-state index in [0.717, 1.165) is 0 Å². The summed E-state index contributed by atoms with van der Waals surface area (Å²) in [7, 11) is -1.95. The molecule has 0 saturated heterocycles. The SMILES string of the molecule is COc1cccc(-n2c(SCCS(=O)(=O)c3ccc(Cl)cc3)nc3ccccc3c2=O)c1. The number of fused-ring (bicyclic) bond motifs is 1. The standard InChI is InChI=1S/C23H19ClN2O4S2/c1-30-18-6-4-5-17(15-18)26-22(27)20-7-2-3-8-21(20)25-23(26)31-13-14-32(28,29)19-11-9-16(24)10-12-19/h2-12,15H,13-14H2,1H3. The molecule has 1 aromatic heterocycles. The first-order valence-electron chi connectivity index (χ1n) is 9.66. The van der Waals surface area contributed by atoms with Crippen LogP contribution in [0.15, 0.2) is 87.6 Å². The van der Waals surface area contributed by atoms with E-state index in [9.17, 15) is 13.2 Å². The number of hydrogen-bond acceptors (Lipinski definition) is 6. The van der Waals surface area contributed by atoms with Crippen molar-refractivity contribution in [2.75, 3.05) is 18.6 Å². The number of para-hydroxylation sites is 1. The number of ether oxygens (including phenoxy) is 1. The highest BCUT2D eigenvalue weighted by atomic mass is 35.5. The van der Waals surface area contributed by atoms with Crippen molar-refractivity contribution in [3.05, 3.63) is 88.2 Å². The molecule has 0 N–H and O–H groups in total. The van der Waals surface area contributed by atoms with Crippen molar-refractivity contribution in [1.29, 1.82) is 0 Å². The predicted octanol–water partition coefficient (Wildman–Crippen LogP) is 4.61. The lowest BCUT2D eigenvalue weighted by Crippen LogP contribution is -2.22. The van der Waals surface area contributed by atoms with Gasteiger partial charge in [-0.2, -0.15) is 0 Å². The molecule has 1 heterocycles. The van der Waals surface area contributed by atoms with E-state index in [2.05, 4.69) is 4.98 Å². The van der Waals surface area contributed by atoms with Gasteiger partial charge in [0.25, 0.3) is 5.56 Å². The maximum atomic E-state index is 13.3. The largest absolute Gasteiger partial charge is 0.497 e. The molecule has 4 aromatic rings.